The van der Waals surface area contributed by atoms with Gasteiger partial charge in [0.25, 0.3) is 5.91 Å². The first kappa shape index (κ1) is 16.7. The summed E-state index contributed by atoms with van der Waals surface area (Å²) in [4.78, 5) is 18.2. The molecule has 2 aromatic heterocycles. The highest BCUT2D eigenvalue weighted by Crippen LogP contribution is 2.23. The lowest BCUT2D eigenvalue weighted by Gasteiger charge is -2.24. The maximum Gasteiger partial charge on any atom is 0.270 e. The Morgan fingerprint density at radius 2 is 2.27 bits per heavy atom. The summed E-state index contributed by atoms with van der Waals surface area (Å²) in [5.74, 6) is 1.45. The monoisotopic (exact) mass is 354 g/mol. The summed E-state index contributed by atoms with van der Waals surface area (Å²) in [7, 11) is 1.63. The summed E-state index contributed by atoms with van der Waals surface area (Å²) in [5, 5.41) is 0.976. The number of amides is 1. The van der Waals surface area contributed by atoms with Gasteiger partial charge in [-0.3, -0.25) is 4.79 Å². The van der Waals surface area contributed by atoms with Gasteiger partial charge in [0.1, 0.15) is 17.2 Å². The van der Waals surface area contributed by atoms with Gasteiger partial charge in [0.15, 0.2) is 0 Å². The molecule has 1 aromatic carbocycles. The van der Waals surface area contributed by atoms with Crippen molar-refractivity contribution in [1.82, 2.24) is 9.88 Å². The van der Waals surface area contributed by atoms with Crippen LogP contribution < -0.4 is 4.74 Å². The van der Waals surface area contributed by atoms with Crippen molar-refractivity contribution < 1.29 is 18.7 Å². The number of carbonyl (C=O) groups is 1. The van der Waals surface area contributed by atoms with Gasteiger partial charge in [0.2, 0.25) is 0 Å². The Kier molecular flexibility index (Phi) is 4.67. The van der Waals surface area contributed by atoms with Crippen molar-refractivity contribution in [3.05, 3.63) is 54.1 Å². The number of carbonyl (C=O) groups excluding carboxylic acids is 1. The zero-order chi connectivity index (χ0) is 17.9. The van der Waals surface area contributed by atoms with Crippen LogP contribution in [0.3, 0.4) is 0 Å². The molecule has 1 aliphatic heterocycles. The number of benzene rings is 1. The van der Waals surface area contributed by atoms with E-state index in [1.807, 2.05) is 36.4 Å². The van der Waals surface area contributed by atoms with Gasteiger partial charge in [-0.15, -0.1) is 0 Å². The second-order valence-electron chi connectivity index (χ2n) is 6.54. The third kappa shape index (κ3) is 3.46. The number of nitrogens with one attached hydrogen (secondary N) is 1. The number of fused-ring (bicyclic) bond motifs is 1. The minimum atomic E-state index is -0.0629. The fourth-order valence-corrected chi connectivity index (χ4v) is 3.36. The van der Waals surface area contributed by atoms with E-state index in [9.17, 15) is 4.79 Å². The fourth-order valence-electron chi connectivity index (χ4n) is 3.36. The standard InChI is InChI=1S/C20H22N2O4/c1-24-15-7-6-14-10-19(21-18(14)11-15)20(23)22(12-16-4-2-8-25-16)13-17-5-3-9-26-17/h2,4,6-8,10-11,17,21H,3,5,9,12-13H2,1H3/t17-/m1/s1. The van der Waals surface area contributed by atoms with Crippen LogP contribution in [-0.4, -0.2) is 42.2 Å². The van der Waals surface area contributed by atoms with Crippen LogP contribution >= 0.6 is 0 Å². The van der Waals surface area contributed by atoms with Crippen LogP contribution in [0.25, 0.3) is 10.9 Å². The van der Waals surface area contributed by atoms with Crippen molar-refractivity contribution in [2.24, 2.45) is 0 Å². The van der Waals surface area contributed by atoms with Crippen LogP contribution in [-0.2, 0) is 11.3 Å². The summed E-state index contributed by atoms with van der Waals surface area (Å²) in [6.07, 6.45) is 3.73. The number of ether oxygens (including phenoxy) is 2. The first-order chi connectivity index (χ1) is 12.7. The lowest BCUT2D eigenvalue weighted by molar-refractivity contribution is 0.0488. The average Bonchev–Trinajstić information content (AvgIpc) is 3.41. The molecule has 1 fully saturated rings. The summed E-state index contributed by atoms with van der Waals surface area (Å²) in [6.45, 7) is 1.74. The Bertz CT molecular complexity index is 878. The van der Waals surface area contributed by atoms with Crippen molar-refractivity contribution in [2.45, 2.75) is 25.5 Å². The van der Waals surface area contributed by atoms with Gasteiger partial charge in [0.05, 0.1) is 26.0 Å². The van der Waals surface area contributed by atoms with E-state index in [0.717, 1.165) is 41.9 Å². The highest BCUT2D eigenvalue weighted by molar-refractivity contribution is 5.98. The minimum Gasteiger partial charge on any atom is -0.497 e. The molecule has 0 saturated carbocycles. The maximum absolute atomic E-state index is 13.1. The number of H-pyrrole nitrogens is 1. The van der Waals surface area contributed by atoms with E-state index >= 15 is 0 Å². The molecule has 3 aromatic rings. The molecular formula is C20H22N2O4. The molecule has 1 amide bonds. The molecule has 26 heavy (non-hydrogen) atoms. The molecule has 0 spiro atoms. The number of aromatic nitrogens is 1. The number of methoxy groups -OCH3 is 1. The summed E-state index contributed by atoms with van der Waals surface area (Å²) in [6, 6.07) is 11.3. The van der Waals surface area contributed by atoms with Gasteiger partial charge in [-0.25, -0.2) is 0 Å². The molecule has 3 heterocycles. The normalized spacial score (nSPS) is 16.9. The average molecular weight is 354 g/mol. The Morgan fingerprint density at radius 1 is 1.35 bits per heavy atom. The van der Waals surface area contributed by atoms with E-state index in [0.29, 0.717) is 18.8 Å². The molecule has 136 valence electrons. The lowest BCUT2D eigenvalue weighted by Crippen LogP contribution is -2.37. The van der Waals surface area contributed by atoms with Gasteiger partial charge in [-0.1, -0.05) is 0 Å². The Labute approximate surface area is 151 Å². The number of furan rings is 1. The van der Waals surface area contributed by atoms with E-state index in [1.54, 1.807) is 18.3 Å². The van der Waals surface area contributed by atoms with E-state index in [2.05, 4.69) is 4.98 Å². The van der Waals surface area contributed by atoms with Crippen molar-refractivity contribution in [1.29, 1.82) is 0 Å². The SMILES string of the molecule is COc1ccc2cc(C(=O)N(Cc3ccco3)C[C@H]3CCCO3)[nH]c2c1. The minimum absolute atomic E-state index is 0.0629. The van der Waals surface area contributed by atoms with Gasteiger partial charge in [-0.2, -0.15) is 0 Å². The second kappa shape index (κ2) is 7.25. The highest BCUT2D eigenvalue weighted by atomic mass is 16.5. The molecule has 1 saturated heterocycles. The van der Waals surface area contributed by atoms with Gasteiger partial charge >= 0.3 is 0 Å². The van der Waals surface area contributed by atoms with E-state index < -0.39 is 0 Å². The zero-order valence-electron chi connectivity index (χ0n) is 14.7. The molecular weight excluding hydrogens is 332 g/mol. The highest BCUT2D eigenvalue weighted by Gasteiger charge is 2.25. The van der Waals surface area contributed by atoms with Crippen molar-refractivity contribution in [3.63, 3.8) is 0 Å². The van der Waals surface area contributed by atoms with Crippen molar-refractivity contribution in [3.8, 4) is 5.75 Å². The Morgan fingerprint density at radius 3 is 3.00 bits per heavy atom. The molecule has 0 unspecified atom stereocenters. The molecule has 6 nitrogen and oxygen atoms in total. The predicted octanol–water partition coefficient (Wildman–Crippen LogP) is 3.59. The summed E-state index contributed by atoms with van der Waals surface area (Å²) < 4.78 is 16.4. The number of nitrogens with zero attached hydrogens (tertiary/aromatic N) is 1. The molecule has 0 aliphatic carbocycles. The quantitative estimate of drug-likeness (QED) is 0.734. The summed E-state index contributed by atoms with van der Waals surface area (Å²) in [5.41, 5.74) is 1.43. The number of hydrogen-bond acceptors (Lipinski definition) is 4. The molecule has 0 radical (unpaired) electrons. The first-order valence-electron chi connectivity index (χ1n) is 8.83. The van der Waals surface area contributed by atoms with Crippen LogP contribution in [0.2, 0.25) is 0 Å². The van der Waals surface area contributed by atoms with Crippen molar-refractivity contribution >= 4 is 16.8 Å². The molecule has 0 bridgehead atoms. The Hall–Kier alpha value is -2.73. The topological polar surface area (TPSA) is 67.7 Å². The lowest BCUT2D eigenvalue weighted by atomic mass is 10.2. The molecule has 1 aliphatic rings. The van der Waals surface area contributed by atoms with Gasteiger partial charge < -0.3 is 23.8 Å². The van der Waals surface area contributed by atoms with Crippen LogP contribution in [0.1, 0.15) is 29.1 Å². The molecule has 1 atom stereocenters. The van der Waals surface area contributed by atoms with Crippen LogP contribution in [0.15, 0.2) is 47.1 Å². The molecule has 4 rings (SSSR count). The van der Waals surface area contributed by atoms with E-state index in [1.165, 1.54) is 0 Å². The number of hydrogen-bond donors (Lipinski definition) is 1. The van der Waals surface area contributed by atoms with Crippen LogP contribution in [0.5, 0.6) is 5.75 Å². The zero-order valence-corrected chi connectivity index (χ0v) is 14.7. The largest absolute Gasteiger partial charge is 0.497 e. The van der Waals surface area contributed by atoms with Crippen molar-refractivity contribution in [2.75, 3.05) is 20.3 Å². The Balaban J connectivity index is 1.59. The fraction of sp³-hybridized carbons (Fsp3) is 0.350. The first-order valence-corrected chi connectivity index (χ1v) is 8.83. The maximum atomic E-state index is 13.1. The third-order valence-electron chi connectivity index (χ3n) is 4.72. The molecule has 1 N–H and O–H groups in total. The van der Waals surface area contributed by atoms with Crippen LogP contribution in [0, 0.1) is 0 Å². The predicted molar refractivity (Wildman–Crippen MR) is 97.3 cm³/mol. The third-order valence-corrected chi connectivity index (χ3v) is 4.72. The van der Waals surface area contributed by atoms with Gasteiger partial charge in [-0.05, 0) is 43.2 Å². The smallest absolute Gasteiger partial charge is 0.270 e. The molecule has 6 heteroatoms. The second-order valence-corrected chi connectivity index (χ2v) is 6.54. The number of rotatable bonds is 6. The van der Waals surface area contributed by atoms with E-state index in [-0.39, 0.29) is 12.0 Å². The van der Waals surface area contributed by atoms with E-state index in [4.69, 9.17) is 13.9 Å². The number of aromatic amines is 1. The summed E-state index contributed by atoms with van der Waals surface area (Å²) >= 11 is 0. The van der Waals surface area contributed by atoms with Gasteiger partial charge in [0, 0.05) is 30.1 Å². The van der Waals surface area contributed by atoms with Crippen LogP contribution in [0.4, 0.5) is 0 Å².